The molecule has 0 amide bonds. The lowest BCUT2D eigenvalue weighted by molar-refractivity contribution is -0.161. The predicted octanol–water partition coefficient (Wildman–Crippen LogP) is 4.42. The molecule has 0 N–H and O–H groups in total. The van der Waals surface area contributed by atoms with E-state index in [1.165, 1.54) is 26.0 Å². The van der Waals surface area contributed by atoms with E-state index in [9.17, 15) is 19.2 Å². The Labute approximate surface area is 201 Å². The SMILES string of the molecule is CC(=O)Oc1ccccc1C(=O)OCC(COC(=O)C(C)C)OC(C)=O.Clc1cc2ccc1o2. The van der Waals surface area contributed by atoms with Crippen molar-refractivity contribution in [3.63, 3.8) is 0 Å². The highest BCUT2D eigenvalue weighted by Gasteiger charge is 2.21. The van der Waals surface area contributed by atoms with Gasteiger partial charge in [-0.05, 0) is 24.3 Å². The van der Waals surface area contributed by atoms with Gasteiger partial charge < -0.3 is 23.4 Å². The second-order valence-electron chi connectivity index (χ2n) is 7.40. The number of hydrogen-bond acceptors (Lipinski definition) is 9. The van der Waals surface area contributed by atoms with Crippen molar-refractivity contribution in [2.45, 2.75) is 33.8 Å². The van der Waals surface area contributed by atoms with E-state index in [1.807, 2.05) is 12.1 Å². The first-order valence-electron chi connectivity index (χ1n) is 10.3. The Balaban J connectivity index is 0.000000420. The maximum atomic E-state index is 12.2. The molecule has 0 aliphatic carbocycles. The molecule has 0 aliphatic heterocycles. The maximum Gasteiger partial charge on any atom is 0.342 e. The van der Waals surface area contributed by atoms with Crippen LogP contribution in [0.3, 0.4) is 0 Å². The lowest BCUT2D eigenvalue weighted by Gasteiger charge is -2.18. The highest BCUT2D eigenvalue weighted by atomic mass is 35.5. The summed E-state index contributed by atoms with van der Waals surface area (Å²) < 4.78 is 25.1. The normalized spacial score (nSPS) is 11.4. The quantitative estimate of drug-likeness (QED) is 0.255. The summed E-state index contributed by atoms with van der Waals surface area (Å²) in [7, 11) is 0. The fraction of sp³-hybridized carbons (Fsp3) is 0.333. The highest BCUT2D eigenvalue weighted by molar-refractivity contribution is 6.34. The van der Waals surface area contributed by atoms with Crippen molar-refractivity contribution in [1.82, 2.24) is 0 Å². The molecule has 34 heavy (non-hydrogen) atoms. The van der Waals surface area contributed by atoms with Crippen LogP contribution in [-0.2, 0) is 28.6 Å². The summed E-state index contributed by atoms with van der Waals surface area (Å²) in [5.41, 5.74) is 1.68. The van der Waals surface area contributed by atoms with Crippen molar-refractivity contribution < 1.29 is 42.5 Å². The van der Waals surface area contributed by atoms with Gasteiger partial charge in [-0.1, -0.05) is 37.6 Å². The van der Waals surface area contributed by atoms with Gasteiger partial charge in [0, 0.05) is 19.9 Å². The molecule has 2 aromatic heterocycles. The van der Waals surface area contributed by atoms with Crippen molar-refractivity contribution in [1.29, 1.82) is 0 Å². The van der Waals surface area contributed by atoms with Gasteiger partial charge in [-0.3, -0.25) is 14.4 Å². The van der Waals surface area contributed by atoms with Crippen LogP contribution in [0.5, 0.6) is 5.75 Å². The molecule has 1 atom stereocenters. The molecule has 9 nitrogen and oxygen atoms in total. The minimum atomic E-state index is -0.944. The van der Waals surface area contributed by atoms with E-state index in [2.05, 4.69) is 0 Å². The average Bonchev–Trinajstić information content (AvgIpc) is 3.37. The van der Waals surface area contributed by atoms with Crippen LogP contribution in [0.1, 0.15) is 38.1 Å². The first kappa shape index (κ1) is 26.7. The minimum absolute atomic E-state index is 0.0449. The molecule has 3 aromatic rings. The molecule has 10 heteroatoms. The number of rotatable bonds is 8. The molecule has 0 spiro atoms. The van der Waals surface area contributed by atoms with E-state index in [0.29, 0.717) is 5.02 Å². The van der Waals surface area contributed by atoms with Gasteiger partial charge in [0.25, 0.3) is 0 Å². The van der Waals surface area contributed by atoms with E-state index < -0.39 is 30.0 Å². The second-order valence-corrected chi connectivity index (χ2v) is 7.81. The molecular weight excluding hydrogens is 468 g/mol. The molecular formula is C24H25ClO9. The van der Waals surface area contributed by atoms with Crippen molar-refractivity contribution in [2.24, 2.45) is 5.92 Å². The molecule has 0 fully saturated rings. The standard InChI is InChI=1S/C18H22O8.C6H3ClO/c1-11(2)17(21)23-9-14(25-12(3)19)10-24-18(22)15-7-5-6-8-16(15)26-13(4)20;7-5-3-4-1-2-6(5)8-4/h5-8,11,14H,9-10H2,1-4H3;1-3H. The molecule has 3 rings (SSSR count). The van der Waals surface area contributed by atoms with Crippen LogP contribution in [-0.4, -0.2) is 43.2 Å². The smallest absolute Gasteiger partial charge is 0.342 e. The molecule has 1 unspecified atom stereocenters. The van der Waals surface area contributed by atoms with Gasteiger partial charge >= 0.3 is 23.9 Å². The predicted molar refractivity (Wildman–Crippen MR) is 122 cm³/mol. The molecule has 2 heterocycles. The average molecular weight is 493 g/mol. The third-order valence-electron chi connectivity index (χ3n) is 4.11. The van der Waals surface area contributed by atoms with Crippen LogP contribution in [0.25, 0.3) is 11.2 Å². The number of carbonyl (C=O) groups excluding carboxylic acids is 4. The summed E-state index contributed by atoms with van der Waals surface area (Å²) in [6, 6.07) is 11.6. The first-order chi connectivity index (χ1) is 16.1. The number of para-hydroxylation sites is 1. The monoisotopic (exact) mass is 492 g/mol. The summed E-state index contributed by atoms with van der Waals surface area (Å²) in [6.45, 7) is 5.16. The number of furan rings is 2. The Kier molecular flexibility index (Phi) is 9.88. The van der Waals surface area contributed by atoms with E-state index in [0.717, 1.165) is 11.2 Å². The number of fused-ring (bicyclic) bond motifs is 2. The van der Waals surface area contributed by atoms with Crippen molar-refractivity contribution in [3.8, 4) is 5.75 Å². The number of ether oxygens (including phenoxy) is 4. The Morgan fingerprint density at radius 3 is 2.12 bits per heavy atom. The van der Waals surface area contributed by atoms with Crippen LogP contribution < -0.4 is 4.74 Å². The number of hydrogen-bond donors (Lipinski definition) is 0. The van der Waals surface area contributed by atoms with Crippen LogP contribution in [0.4, 0.5) is 0 Å². The van der Waals surface area contributed by atoms with Gasteiger partial charge in [0.15, 0.2) is 6.10 Å². The van der Waals surface area contributed by atoms with Gasteiger partial charge in [0.2, 0.25) is 0 Å². The summed E-state index contributed by atoms with van der Waals surface area (Å²) in [5.74, 6) is -2.70. The second kappa shape index (κ2) is 12.6. The number of carbonyl (C=O) groups is 4. The summed E-state index contributed by atoms with van der Waals surface area (Å²) in [6.07, 6.45) is -0.944. The van der Waals surface area contributed by atoms with Crippen LogP contribution >= 0.6 is 11.6 Å². The van der Waals surface area contributed by atoms with Crippen molar-refractivity contribution in [2.75, 3.05) is 13.2 Å². The Morgan fingerprint density at radius 2 is 1.62 bits per heavy atom. The van der Waals surface area contributed by atoms with E-state index >= 15 is 0 Å². The van der Waals surface area contributed by atoms with Gasteiger partial charge in [0.1, 0.15) is 35.7 Å². The largest absolute Gasteiger partial charge is 0.461 e. The zero-order chi connectivity index (χ0) is 25.3. The topological polar surface area (TPSA) is 118 Å². The number of halogens is 1. The summed E-state index contributed by atoms with van der Waals surface area (Å²) in [5, 5.41) is 0.711. The Hall–Kier alpha value is -3.59. The van der Waals surface area contributed by atoms with Gasteiger partial charge in [0.05, 0.1) is 10.9 Å². The number of esters is 4. The summed E-state index contributed by atoms with van der Waals surface area (Å²) >= 11 is 5.64. The van der Waals surface area contributed by atoms with E-state index in [-0.39, 0.29) is 30.4 Å². The third-order valence-corrected chi connectivity index (χ3v) is 4.40. The fourth-order valence-electron chi connectivity index (χ4n) is 2.57. The maximum absolute atomic E-state index is 12.2. The first-order valence-corrected chi connectivity index (χ1v) is 10.7. The molecule has 182 valence electrons. The van der Waals surface area contributed by atoms with Gasteiger partial charge in [-0.25, -0.2) is 4.79 Å². The van der Waals surface area contributed by atoms with Gasteiger partial charge in [-0.15, -0.1) is 0 Å². The van der Waals surface area contributed by atoms with Crippen molar-refractivity contribution in [3.05, 3.63) is 53.1 Å². The fourth-order valence-corrected chi connectivity index (χ4v) is 2.78. The van der Waals surface area contributed by atoms with Gasteiger partial charge in [-0.2, -0.15) is 0 Å². The molecule has 0 saturated heterocycles. The van der Waals surface area contributed by atoms with Crippen LogP contribution in [0.2, 0.25) is 5.02 Å². The molecule has 0 aliphatic rings. The molecule has 1 aromatic carbocycles. The van der Waals surface area contributed by atoms with E-state index in [4.69, 9.17) is 35.0 Å². The molecule has 0 saturated carbocycles. The van der Waals surface area contributed by atoms with Crippen molar-refractivity contribution >= 4 is 46.6 Å². The summed E-state index contributed by atoms with van der Waals surface area (Å²) in [4.78, 5) is 46.0. The Bertz CT molecular complexity index is 1120. The molecule has 0 radical (unpaired) electrons. The third kappa shape index (κ3) is 8.40. The van der Waals surface area contributed by atoms with Crippen LogP contribution in [0, 0.1) is 5.92 Å². The highest BCUT2D eigenvalue weighted by Crippen LogP contribution is 2.25. The van der Waals surface area contributed by atoms with E-state index in [1.54, 1.807) is 32.0 Å². The minimum Gasteiger partial charge on any atom is -0.461 e. The lowest BCUT2D eigenvalue weighted by atomic mass is 10.2. The zero-order valence-electron chi connectivity index (χ0n) is 19.2. The lowest BCUT2D eigenvalue weighted by Crippen LogP contribution is -2.31. The molecule has 2 bridgehead atoms. The Morgan fingerprint density at radius 1 is 0.941 bits per heavy atom. The zero-order valence-corrected chi connectivity index (χ0v) is 19.9. The van der Waals surface area contributed by atoms with Crippen LogP contribution in [0.15, 0.2) is 46.9 Å². The number of benzene rings is 2.